The van der Waals surface area contributed by atoms with Gasteiger partial charge in [0, 0.05) is 23.8 Å². The number of aliphatic hydroxyl groups is 1. The Hall–Kier alpha value is -3.78. The van der Waals surface area contributed by atoms with Crippen molar-refractivity contribution in [2.75, 3.05) is 23.4 Å². The van der Waals surface area contributed by atoms with Gasteiger partial charge in [0.05, 0.1) is 24.3 Å². The molecule has 2 aliphatic rings. The lowest BCUT2D eigenvalue weighted by Crippen LogP contribution is -2.71. The van der Waals surface area contributed by atoms with E-state index in [2.05, 4.69) is 5.32 Å². The Labute approximate surface area is 189 Å². The van der Waals surface area contributed by atoms with Gasteiger partial charge in [-0.2, -0.15) is 0 Å². The number of likely N-dealkylation sites (tertiary alicyclic amines) is 1. The molecule has 6 nitrogen and oxygen atoms in total. The molecule has 33 heavy (non-hydrogen) atoms. The van der Waals surface area contributed by atoms with Crippen molar-refractivity contribution in [3.8, 4) is 0 Å². The van der Waals surface area contributed by atoms with Crippen LogP contribution in [-0.2, 0) is 0 Å². The van der Waals surface area contributed by atoms with Crippen molar-refractivity contribution in [2.45, 2.75) is 18.0 Å². The van der Waals surface area contributed by atoms with E-state index in [4.69, 9.17) is 0 Å². The molecule has 2 aliphatic heterocycles. The Morgan fingerprint density at radius 1 is 0.970 bits per heavy atom. The first-order valence-electron chi connectivity index (χ1n) is 10.6. The van der Waals surface area contributed by atoms with E-state index in [0.717, 1.165) is 5.56 Å². The molecule has 1 saturated heterocycles. The maximum Gasteiger partial charge on any atom is 0.326 e. The Kier molecular flexibility index (Phi) is 5.30. The third kappa shape index (κ3) is 3.52. The zero-order chi connectivity index (χ0) is 23.1. The Morgan fingerprint density at radius 3 is 2.39 bits per heavy atom. The maximum absolute atomic E-state index is 14.3. The van der Waals surface area contributed by atoms with Crippen molar-refractivity contribution >= 4 is 23.3 Å². The van der Waals surface area contributed by atoms with Crippen LogP contribution in [0.3, 0.4) is 0 Å². The van der Waals surface area contributed by atoms with Crippen molar-refractivity contribution < 1.29 is 23.5 Å². The molecule has 3 aromatic carbocycles. The second kappa shape index (κ2) is 8.29. The Balaban J connectivity index is 1.47. The van der Waals surface area contributed by atoms with E-state index in [1.54, 1.807) is 6.07 Å². The average Bonchev–Trinajstić information content (AvgIpc) is 2.81. The van der Waals surface area contributed by atoms with Gasteiger partial charge in [0.25, 0.3) is 5.91 Å². The fourth-order valence-electron chi connectivity index (χ4n) is 4.86. The van der Waals surface area contributed by atoms with E-state index in [9.17, 15) is 23.5 Å². The van der Waals surface area contributed by atoms with Gasteiger partial charge >= 0.3 is 6.03 Å². The molecule has 0 aliphatic carbocycles. The predicted molar refractivity (Wildman–Crippen MR) is 119 cm³/mol. The first-order valence-corrected chi connectivity index (χ1v) is 10.6. The van der Waals surface area contributed by atoms with Gasteiger partial charge in [-0.05, 0) is 48.0 Å². The molecule has 3 atom stereocenters. The summed E-state index contributed by atoms with van der Waals surface area (Å²) in [6.45, 7) is -0.108. The lowest BCUT2D eigenvalue weighted by Gasteiger charge is -2.58. The molecule has 0 saturated carbocycles. The van der Waals surface area contributed by atoms with E-state index in [-0.39, 0.29) is 24.6 Å². The smallest absolute Gasteiger partial charge is 0.326 e. The van der Waals surface area contributed by atoms with E-state index in [1.165, 1.54) is 52.3 Å². The SMILES string of the molecule is O=C(Nc1ccc(F)cc1)N1C[C@H]2[C@@H](c3ccccc31)[C@@H](CO)N2C(=O)c1ccccc1F. The van der Waals surface area contributed by atoms with E-state index in [0.29, 0.717) is 11.4 Å². The molecule has 8 heteroatoms. The summed E-state index contributed by atoms with van der Waals surface area (Å²) in [7, 11) is 0. The van der Waals surface area contributed by atoms with Gasteiger partial charge in [-0.25, -0.2) is 13.6 Å². The summed E-state index contributed by atoms with van der Waals surface area (Å²) in [5.41, 5.74) is 1.87. The minimum absolute atomic E-state index is 0.0735. The molecule has 3 aromatic rings. The number of hydrogen-bond donors (Lipinski definition) is 2. The third-order valence-electron chi connectivity index (χ3n) is 6.37. The largest absolute Gasteiger partial charge is 0.394 e. The number of nitrogens with one attached hydrogen (secondary N) is 1. The minimum atomic E-state index is -0.634. The zero-order valence-corrected chi connectivity index (χ0v) is 17.5. The highest BCUT2D eigenvalue weighted by atomic mass is 19.1. The van der Waals surface area contributed by atoms with Crippen LogP contribution >= 0.6 is 0 Å². The first-order chi connectivity index (χ1) is 16.0. The summed E-state index contributed by atoms with van der Waals surface area (Å²) >= 11 is 0. The first kappa shape index (κ1) is 21.1. The highest BCUT2D eigenvalue weighted by Gasteiger charge is 2.55. The van der Waals surface area contributed by atoms with Crippen LogP contribution in [0.15, 0.2) is 72.8 Å². The summed E-state index contributed by atoms with van der Waals surface area (Å²) in [4.78, 5) is 29.3. The highest BCUT2D eigenvalue weighted by Crippen LogP contribution is 2.48. The van der Waals surface area contributed by atoms with Crippen LogP contribution in [0.4, 0.5) is 25.0 Å². The predicted octanol–water partition coefficient (Wildman–Crippen LogP) is 3.99. The van der Waals surface area contributed by atoms with Gasteiger partial charge < -0.3 is 15.3 Å². The lowest BCUT2D eigenvalue weighted by molar-refractivity contribution is -0.0244. The number of benzene rings is 3. The quantitative estimate of drug-likeness (QED) is 0.635. The number of aliphatic hydroxyl groups excluding tert-OH is 1. The molecule has 0 unspecified atom stereocenters. The molecular formula is C25H21F2N3O3. The highest BCUT2D eigenvalue weighted by molar-refractivity contribution is 6.03. The fraction of sp³-hybridized carbons (Fsp3) is 0.200. The standard InChI is InChI=1S/C25H21F2N3O3/c26-15-9-11-16(12-10-15)28-25(33)29-13-21-23(18-6-2-4-8-20(18)29)22(14-31)30(21)24(32)17-5-1-3-7-19(17)27/h1-12,21-23,31H,13-14H2,(H,28,33)/t21-,22+,23+/m0/s1. The summed E-state index contributed by atoms with van der Waals surface area (Å²) in [6, 6.07) is 17.1. The molecule has 0 spiro atoms. The molecule has 2 N–H and O–H groups in total. The number of urea groups is 1. The van der Waals surface area contributed by atoms with E-state index in [1.807, 2.05) is 24.3 Å². The van der Waals surface area contributed by atoms with Crippen LogP contribution < -0.4 is 10.2 Å². The molecule has 5 rings (SSSR count). The van der Waals surface area contributed by atoms with Crippen LogP contribution in [-0.4, -0.2) is 47.2 Å². The van der Waals surface area contributed by atoms with Crippen molar-refractivity contribution in [1.82, 2.24) is 4.90 Å². The lowest BCUT2D eigenvalue weighted by atomic mass is 9.71. The fourth-order valence-corrected chi connectivity index (χ4v) is 4.86. The normalized spacial score (nSPS) is 21.0. The average molecular weight is 449 g/mol. The maximum atomic E-state index is 14.3. The van der Waals surface area contributed by atoms with Crippen molar-refractivity contribution in [2.24, 2.45) is 0 Å². The monoisotopic (exact) mass is 449 g/mol. The number of carbonyl (C=O) groups is 2. The van der Waals surface area contributed by atoms with Gasteiger partial charge in [0.2, 0.25) is 0 Å². The van der Waals surface area contributed by atoms with Gasteiger partial charge in [0.1, 0.15) is 11.6 Å². The molecule has 0 bridgehead atoms. The van der Waals surface area contributed by atoms with Crippen LogP contribution in [0, 0.1) is 11.6 Å². The molecular weight excluding hydrogens is 428 g/mol. The van der Waals surface area contributed by atoms with Crippen LogP contribution in [0.1, 0.15) is 21.8 Å². The number of carbonyl (C=O) groups excluding carboxylic acids is 2. The summed E-state index contributed by atoms with van der Waals surface area (Å²) < 4.78 is 27.5. The molecule has 168 valence electrons. The minimum Gasteiger partial charge on any atom is -0.394 e. The number of fused-ring (bicyclic) bond motifs is 3. The van der Waals surface area contributed by atoms with Gasteiger partial charge in [-0.1, -0.05) is 30.3 Å². The number of anilines is 2. The second-order valence-corrected chi connectivity index (χ2v) is 8.14. The molecule has 0 aromatic heterocycles. The molecule has 0 radical (unpaired) electrons. The van der Waals surface area contributed by atoms with E-state index >= 15 is 0 Å². The third-order valence-corrected chi connectivity index (χ3v) is 6.37. The van der Waals surface area contributed by atoms with Gasteiger partial charge in [0.15, 0.2) is 0 Å². The van der Waals surface area contributed by atoms with Crippen molar-refractivity contribution in [3.63, 3.8) is 0 Å². The Morgan fingerprint density at radius 2 is 1.67 bits per heavy atom. The van der Waals surface area contributed by atoms with Crippen LogP contribution in [0.25, 0.3) is 0 Å². The van der Waals surface area contributed by atoms with Crippen LogP contribution in [0.2, 0.25) is 0 Å². The molecule has 1 fully saturated rings. The molecule has 2 heterocycles. The van der Waals surface area contributed by atoms with Crippen molar-refractivity contribution in [1.29, 1.82) is 0 Å². The second-order valence-electron chi connectivity index (χ2n) is 8.14. The van der Waals surface area contributed by atoms with Crippen LogP contribution in [0.5, 0.6) is 0 Å². The van der Waals surface area contributed by atoms with Gasteiger partial charge in [-0.3, -0.25) is 9.69 Å². The summed E-state index contributed by atoms with van der Waals surface area (Å²) in [5, 5.41) is 12.8. The number of nitrogens with zero attached hydrogens (tertiary/aromatic N) is 2. The number of para-hydroxylation sites is 1. The number of amides is 3. The number of rotatable bonds is 3. The Bertz CT molecular complexity index is 1220. The van der Waals surface area contributed by atoms with Gasteiger partial charge in [-0.15, -0.1) is 0 Å². The van der Waals surface area contributed by atoms with E-state index < -0.39 is 35.7 Å². The van der Waals surface area contributed by atoms with Crippen molar-refractivity contribution in [3.05, 3.63) is 95.6 Å². The summed E-state index contributed by atoms with van der Waals surface area (Å²) in [6.07, 6.45) is 0. The molecule has 3 amide bonds. The zero-order valence-electron chi connectivity index (χ0n) is 17.5. The topological polar surface area (TPSA) is 72.9 Å². The summed E-state index contributed by atoms with van der Waals surface area (Å²) in [5.74, 6) is -1.75. The number of halogens is 2. The number of hydrogen-bond acceptors (Lipinski definition) is 3.